The minimum Gasteiger partial charge on any atom is -0.206 e. The molecule has 0 heterocycles. The maximum atomic E-state index is 13.8. The van der Waals surface area contributed by atoms with Gasteiger partial charge in [-0.1, -0.05) is 38.1 Å². The van der Waals surface area contributed by atoms with E-state index < -0.39 is 0 Å². The summed E-state index contributed by atoms with van der Waals surface area (Å²) in [5.74, 6) is 0.241. The summed E-state index contributed by atoms with van der Waals surface area (Å²) in [4.78, 5) is 0. The fourth-order valence-corrected chi connectivity index (χ4v) is 2.21. The van der Waals surface area contributed by atoms with Crippen LogP contribution in [0.25, 0.3) is 10.8 Å². The Hall–Kier alpha value is -1.37. The molecule has 0 aliphatic heterocycles. The quantitative estimate of drug-likeness (QED) is 0.642. The summed E-state index contributed by atoms with van der Waals surface area (Å²) in [7, 11) is 0. The van der Waals surface area contributed by atoms with Crippen molar-refractivity contribution in [3.05, 3.63) is 47.3 Å². The van der Waals surface area contributed by atoms with Crippen LogP contribution in [0.4, 0.5) is 4.39 Å². The summed E-state index contributed by atoms with van der Waals surface area (Å²) in [6, 6.07) is 9.31. The Balaban J connectivity index is 2.91. The molecule has 0 nitrogen and oxygen atoms in total. The Labute approximate surface area is 89.7 Å². The van der Waals surface area contributed by atoms with E-state index >= 15 is 0 Å². The van der Waals surface area contributed by atoms with Crippen molar-refractivity contribution >= 4 is 10.8 Å². The molecule has 15 heavy (non-hydrogen) atoms. The zero-order chi connectivity index (χ0) is 11.0. The Kier molecular flexibility index (Phi) is 2.47. The lowest BCUT2D eigenvalue weighted by molar-refractivity contribution is 0.637. The van der Waals surface area contributed by atoms with Crippen molar-refractivity contribution in [2.75, 3.05) is 0 Å². The van der Waals surface area contributed by atoms with Gasteiger partial charge in [0.1, 0.15) is 5.82 Å². The van der Waals surface area contributed by atoms with Crippen molar-refractivity contribution in [1.29, 1.82) is 0 Å². The summed E-state index contributed by atoms with van der Waals surface area (Å²) in [5.41, 5.74) is 2.30. The largest absolute Gasteiger partial charge is 0.206 e. The van der Waals surface area contributed by atoms with E-state index in [1.165, 1.54) is 11.6 Å². The van der Waals surface area contributed by atoms with E-state index in [2.05, 4.69) is 19.9 Å². The number of halogens is 1. The molecule has 0 spiro atoms. The molecule has 0 saturated heterocycles. The first-order chi connectivity index (χ1) is 7.11. The lowest BCUT2D eigenvalue weighted by Gasteiger charge is -2.14. The second-order valence-electron chi connectivity index (χ2n) is 4.29. The fourth-order valence-electron chi connectivity index (χ4n) is 2.21. The number of aryl methyl sites for hydroxylation is 1. The van der Waals surface area contributed by atoms with Crippen molar-refractivity contribution in [2.24, 2.45) is 0 Å². The molecule has 2 aromatic carbocycles. The Morgan fingerprint density at radius 1 is 1.07 bits per heavy atom. The smallest absolute Gasteiger partial charge is 0.131 e. The molecule has 0 bridgehead atoms. The Morgan fingerprint density at radius 2 is 1.80 bits per heavy atom. The van der Waals surface area contributed by atoms with E-state index in [0.29, 0.717) is 5.92 Å². The van der Waals surface area contributed by atoms with Gasteiger partial charge in [-0.3, -0.25) is 0 Å². The normalized spacial score (nSPS) is 11.3. The van der Waals surface area contributed by atoms with Gasteiger partial charge in [0.2, 0.25) is 0 Å². The van der Waals surface area contributed by atoms with Gasteiger partial charge in [-0.2, -0.15) is 0 Å². The van der Waals surface area contributed by atoms with Gasteiger partial charge in [-0.25, -0.2) is 4.39 Å². The predicted octanol–water partition coefficient (Wildman–Crippen LogP) is 4.41. The van der Waals surface area contributed by atoms with Crippen molar-refractivity contribution < 1.29 is 4.39 Å². The van der Waals surface area contributed by atoms with E-state index in [-0.39, 0.29) is 5.82 Å². The predicted molar refractivity (Wildman–Crippen MR) is 62.7 cm³/mol. The molecule has 0 atom stereocenters. The summed E-state index contributed by atoms with van der Waals surface area (Å²) < 4.78 is 13.8. The number of hydrogen-bond donors (Lipinski definition) is 0. The summed E-state index contributed by atoms with van der Waals surface area (Å²) in [6.07, 6.45) is 0. The SMILES string of the molecule is Cc1ccc2cccc(F)c2c1C(C)C. The lowest BCUT2D eigenvalue weighted by Crippen LogP contribution is -1.95. The maximum absolute atomic E-state index is 13.8. The molecule has 0 aromatic heterocycles. The number of hydrogen-bond acceptors (Lipinski definition) is 0. The monoisotopic (exact) mass is 202 g/mol. The number of rotatable bonds is 1. The first-order valence-corrected chi connectivity index (χ1v) is 5.29. The van der Waals surface area contributed by atoms with Crippen LogP contribution in [-0.2, 0) is 0 Å². The third-order valence-electron chi connectivity index (χ3n) is 2.83. The molecular formula is C14H15F. The topological polar surface area (TPSA) is 0 Å². The fraction of sp³-hybridized carbons (Fsp3) is 0.286. The van der Waals surface area contributed by atoms with Gasteiger partial charge in [0, 0.05) is 5.39 Å². The zero-order valence-electron chi connectivity index (χ0n) is 9.34. The van der Waals surface area contributed by atoms with Gasteiger partial charge in [-0.05, 0) is 35.4 Å². The van der Waals surface area contributed by atoms with Crippen molar-refractivity contribution in [3.8, 4) is 0 Å². The van der Waals surface area contributed by atoms with Crippen LogP contribution in [0.3, 0.4) is 0 Å². The maximum Gasteiger partial charge on any atom is 0.131 e. The van der Waals surface area contributed by atoms with E-state index in [9.17, 15) is 4.39 Å². The third-order valence-corrected chi connectivity index (χ3v) is 2.83. The molecule has 0 amide bonds. The van der Waals surface area contributed by atoms with Gasteiger partial charge >= 0.3 is 0 Å². The molecule has 0 aliphatic carbocycles. The van der Waals surface area contributed by atoms with Crippen LogP contribution >= 0.6 is 0 Å². The molecule has 2 aromatic rings. The van der Waals surface area contributed by atoms with Gasteiger partial charge in [0.05, 0.1) is 0 Å². The van der Waals surface area contributed by atoms with Crippen molar-refractivity contribution in [3.63, 3.8) is 0 Å². The first kappa shape index (κ1) is 10.2. The molecule has 0 aliphatic rings. The molecule has 0 radical (unpaired) electrons. The lowest BCUT2D eigenvalue weighted by atomic mass is 9.91. The van der Waals surface area contributed by atoms with Gasteiger partial charge in [0.25, 0.3) is 0 Å². The van der Waals surface area contributed by atoms with Gasteiger partial charge in [-0.15, -0.1) is 0 Å². The molecular weight excluding hydrogens is 187 g/mol. The highest BCUT2D eigenvalue weighted by Crippen LogP contribution is 2.30. The molecule has 0 saturated carbocycles. The third kappa shape index (κ3) is 1.63. The highest BCUT2D eigenvalue weighted by molar-refractivity contribution is 5.87. The number of benzene rings is 2. The molecule has 0 N–H and O–H groups in total. The minimum absolute atomic E-state index is 0.111. The summed E-state index contributed by atoms with van der Waals surface area (Å²) in [6.45, 7) is 6.25. The standard InChI is InChI=1S/C14H15F/c1-9(2)13-10(3)7-8-11-5-4-6-12(15)14(11)13/h4-9H,1-3H3. The Bertz CT molecular complexity index is 498. The highest BCUT2D eigenvalue weighted by Gasteiger charge is 2.11. The first-order valence-electron chi connectivity index (χ1n) is 5.29. The van der Waals surface area contributed by atoms with Gasteiger partial charge in [0.15, 0.2) is 0 Å². The van der Waals surface area contributed by atoms with Crippen LogP contribution in [0, 0.1) is 12.7 Å². The van der Waals surface area contributed by atoms with Crippen LogP contribution in [0.15, 0.2) is 30.3 Å². The summed E-state index contributed by atoms with van der Waals surface area (Å²) >= 11 is 0. The van der Waals surface area contributed by atoms with Crippen molar-refractivity contribution in [1.82, 2.24) is 0 Å². The average molecular weight is 202 g/mol. The van der Waals surface area contributed by atoms with Crippen LogP contribution in [0.1, 0.15) is 30.9 Å². The molecule has 2 rings (SSSR count). The second-order valence-corrected chi connectivity index (χ2v) is 4.29. The van der Waals surface area contributed by atoms with Crippen LogP contribution in [0.2, 0.25) is 0 Å². The molecule has 0 fully saturated rings. The Morgan fingerprint density at radius 3 is 2.47 bits per heavy atom. The van der Waals surface area contributed by atoms with Crippen LogP contribution in [-0.4, -0.2) is 0 Å². The second kappa shape index (κ2) is 3.65. The van der Waals surface area contributed by atoms with E-state index in [4.69, 9.17) is 0 Å². The van der Waals surface area contributed by atoms with Crippen LogP contribution < -0.4 is 0 Å². The number of fused-ring (bicyclic) bond motifs is 1. The van der Waals surface area contributed by atoms with E-state index in [0.717, 1.165) is 16.3 Å². The van der Waals surface area contributed by atoms with E-state index in [1.54, 1.807) is 6.07 Å². The van der Waals surface area contributed by atoms with Crippen molar-refractivity contribution in [2.45, 2.75) is 26.7 Å². The average Bonchev–Trinajstić information content (AvgIpc) is 2.18. The van der Waals surface area contributed by atoms with Gasteiger partial charge < -0.3 is 0 Å². The zero-order valence-corrected chi connectivity index (χ0v) is 9.34. The summed E-state index contributed by atoms with van der Waals surface area (Å²) in [5, 5.41) is 1.77. The van der Waals surface area contributed by atoms with E-state index in [1.807, 2.05) is 19.1 Å². The minimum atomic E-state index is -0.111. The van der Waals surface area contributed by atoms with Crippen LogP contribution in [0.5, 0.6) is 0 Å². The molecule has 1 heteroatoms. The highest BCUT2D eigenvalue weighted by atomic mass is 19.1. The molecule has 0 unspecified atom stereocenters. The molecule has 78 valence electrons.